The molecule has 0 spiro atoms. The van der Waals surface area contributed by atoms with Crippen LogP contribution in [0.1, 0.15) is 30.9 Å². The number of aliphatic hydroxyl groups excluding tert-OH is 1. The molecule has 0 radical (unpaired) electrons. The van der Waals surface area contributed by atoms with Crippen molar-refractivity contribution in [2.24, 2.45) is 0 Å². The van der Waals surface area contributed by atoms with Gasteiger partial charge in [-0.1, -0.05) is 18.2 Å². The van der Waals surface area contributed by atoms with Gasteiger partial charge in [-0.3, -0.25) is 0 Å². The molecule has 0 saturated heterocycles. The predicted molar refractivity (Wildman–Crippen MR) is 104 cm³/mol. The SMILES string of the molecule is CCN(CCO)c1ncnc2scc(-c3ccc4c(c3)CCCC4)c12. The van der Waals surface area contributed by atoms with Gasteiger partial charge in [-0.05, 0) is 49.3 Å². The summed E-state index contributed by atoms with van der Waals surface area (Å²) in [4.78, 5) is 12.2. The number of fused-ring (bicyclic) bond motifs is 2. The average Bonchev–Trinajstić information content (AvgIpc) is 3.10. The summed E-state index contributed by atoms with van der Waals surface area (Å²) in [7, 11) is 0. The highest BCUT2D eigenvalue weighted by Crippen LogP contribution is 2.39. The first-order chi connectivity index (χ1) is 12.3. The normalized spacial score (nSPS) is 13.8. The van der Waals surface area contributed by atoms with E-state index in [0.717, 1.165) is 22.6 Å². The maximum atomic E-state index is 9.39. The Morgan fingerprint density at radius 2 is 2.00 bits per heavy atom. The summed E-state index contributed by atoms with van der Waals surface area (Å²) in [6.07, 6.45) is 6.60. The standard InChI is InChI=1S/C20H23N3OS/c1-2-23(9-10-24)19-18-17(12-25-20(18)22-13-21-19)16-8-7-14-5-3-4-6-15(14)11-16/h7-8,11-13,24H,2-6,9-10H2,1H3. The minimum absolute atomic E-state index is 0.123. The number of anilines is 1. The molecular formula is C20H23N3OS. The van der Waals surface area contributed by atoms with Gasteiger partial charge < -0.3 is 10.0 Å². The number of aliphatic hydroxyl groups is 1. The topological polar surface area (TPSA) is 49.2 Å². The molecule has 3 aromatic rings. The highest BCUT2D eigenvalue weighted by Gasteiger charge is 2.18. The molecule has 0 atom stereocenters. The van der Waals surface area contributed by atoms with Crippen LogP contribution in [0.4, 0.5) is 5.82 Å². The number of likely N-dealkylation sites (N-methyl/N-ethyl adjacent to an activating group) is 1. The highest BCUT2D eigenvalue weighted by atomic mass is 32.1. The zero-order chi connectivity index (χ0) is 17.2. The fraction of sp³-hybridized carbons (Fsp3) is 0.400. The van der Waals surface area contributed by atoms with Crippen molar-refractivity contribution in [3.8, 4) is 11.1 Å². The number of nitrogens with zero attached hydrogens (tertiary/aromatic N) is 3. The fourth-order valence-electron chi connectivity index (χ4n) is 3.75. The first kappa shape index (κ1) is 16.5. The van der Waals surface area contributed by atoms with Crippen LogP contribution in [0, 0.1) is 0 Å². The Balaban J connectivity index is 1.85. The molecule has 0 fully saturated rings. The summed E-state index contributed by atoms with van der Waals surface area (Å²) in [6.45, 7) is 3.61. The predicted octanol–water partition coefficient (Wildman–Crippen LogP) is 4.06. The lowest BCUT2D eigenvalue weighted by molar-refractivity contribution is 0.302. The van der Waals surface area contributed by atoms with E-state index < -0.39 is 0 Å². The van der Waals surface area contributed by atoms with Crippen LogP contribution >= 0.6 is 11.3 Å². The van der Waals surface area contributed by atoms with Crippen molar-refractivity contribution >= 4 is 27.4 Å². The van der Waals surface area contributed by atoms with Gasteiger partial charge in [-0.2, -0.15) is 0 Å². The Morgan fingerprint density at radius 3 is 2.80 bits per heavy atom. The van der Waals surface area contributed by atoms with Crippen molar-refractivity contribution in [1.29, 1.82) is 0 Å². The second-order valence-electron chi connectivity index (χ2n) is 6.52. The molecule has 2 aromatic heterocycles. The molecule has 0 unspecified atom stereocenters. The summed E-state index contributed by atoms with van der Waals surface area (Å²) >= 11 is 1.67. The van der Waals surface area contributed by atoms with E-state index in [1.807, 2.05) is 0 Å². The molecule has 0 bridgehead atoms. The first-order valence-corrected chi connectivity index (χ1v) is 9.90. The van der Waals surface area contributed by atoms with Crippen LogP contribution in [0.2, 0.25) is 0 Å². The second kappa shape index (κ2) is 7.10. The molecule has 25 heavy (non-hydrogen) atoms. The molecular weight excluding hydrogens is 330 g/mol. The summed E-state index contributed by atoms with van der Waals surface area (Å²) in [5.74, 6) is 0.926. The van der Waals surface area contributed by atoms with Crippen LogP contribution in [-0.4, -0.2) is 34.8 Å². The Labute approximate surface area is 152 Å². The first-order valence-electron chi connectivity index (χ1n) is 9.02. The lowest BCUT2D eigenvalue weighted by Gasteiger charge is -2.22. The largest absolute Gasteiger partial charge is 0.395 e. The molecule has 1 aliphatic rings. The third-order valence-electron chi connectivity index (χ3n) is 5.06. The fourth-order valence-corrected chi connectivity index (χ4v) is 4.66. The van der Waals surface area contributed by atoms with E-state index in [4.69, 9.17) is 0 Å². The molecule has 5 heteroatoms. The van der Waals surface area contributed by atoms with E-state index in [1.165, 1.54) is 47.9 Å². The van der Waals surface area contributed by atoms with Crippen LogP contribution in [-0.2, 0) is 12.8 Å². The van der Waals surface area contributed by atoms with E-state index in [1.54, 1.807) is 17.7 Å². The van der Waals surface area contributed by atoms with Crippen LogP contribution in [0.15, 0.2) is 29.9 Å². The highest BCUT2D eigenvalue weighted by molar-refractivity contribution is 7.17. The summed E-state index contributed by atoms with van der Waals surface area (Å²) < 4.78 is 0. The van der Waals surface area contributed by atoms with Crippen LogP contribution < -0.4 is 4.90 Å². The van der Waals surface area contributed by atoms with Gasteiger partial charge >= 0.3 is 0 Å². The van der Waals surface area contributed by atoms with Crippen LogP contribution in [0.25, 0.3) is 21.3 Å². The molecule has 1 aliphatic carbocycles. The number of aromatic nitrogens is 2. The van der Waals surface area contributed by atoms with Gasteiger partial charge in [-0.15, -0.1) is 11.3 Å². The lowest BCUT2D eigenvalue weighted by atomic mass is 9.89. The number of rotatable bonds is 5. The Kier molecular flexibility index (Phi) is 4.68. The summed E-state index contributed by atoms with van der Waals surface area (Å²) in [5, 5.41) is 12.7. The summed E-state index contributed by atoms with van der Waals surface area (Å²) in [6, 6.07) is 6.89. The van der Waals surface area contributed by atoms with Gasteiger partial charge in [0.1, 0.15) is 17.0 Å². The minimum atomic E-state index is 0.123. The molecule has 4 rings (SSSR count). The van der Waals surface area contributed by atoms with E-state index in [-0.39, 0.29) is 6.61 Å². The molecule has 1 N–H and O–H groups in total. The number of thiophene rings is 1. The molecule has 130 valence electrons. The molecule has 4 nitrogen and oxygen atoms in total. The Hall–Kier alpha value is -1.98. The van der Waals surface area contributed by atoms with Gasteiger partial charge in [0.25, 0.3) is 0 Å². The smallest absolute Gasteiger partial charge is 0.141 e. The van der Waals surface area contributed by atoms with Crippen LogP contribution in [0.3, 0.4) is 0 Å². The van der Waals surface area contributed by atoms with E-state index >= 15 is 0 Å². The Bertz CT molecular complexity index is 890. The third-order valence-corrected chi connectivity index (χ3v) is 5.95. The van der Waals surface area contributed by atoms with E-state index in [2.05, 4.69) is 45.4 Å². The van der Waals surface area contributed by atoms with Crippen molar-refractivity contribution < 1.29 is 5.11 Å². The molecule has 0 aliphatic heterocycles. The molecule has 0 amide bonds. The third kappa shape index (κ3) is 3.02. The molecule has 0 saturated carbocycles. The monoisotopic (exact) mass is 353 g/mol. The molecule has 1 aromatic carbocycles. The van der Waals surface area contributed by atoms with Crippen molar-refractivity contribution in [3.63, 3.8) is 0 Å². The average molecular weight is 353 g/mol. The second-order valence-corrected chi connectivity index (χ2v) is 7.38. The minimum Gasteiger partial charge on any atom is -0.395 e. The van der Waals surface area contributed by atoms with Crippen molar-refractivity contribution in [2.75, 3.05) is 24.6 Å². The summed E-state index contributed by atoms with van der Waals surface area (Å²) in [5.41, 5.74) is 5.45. The van der Waals surface area contributed by atoms with Gasteiger partial charge in [0.2, 0.25) is 0 Å². The van der Waals surface area contributed by atoms with Crippen LogP contribution in [0.5, 0.6) is 0 Å². The van der Waals surface area contributed by atoms with Gasteiger partial charge in [-0.25, -0.2) is 9.97 Å². The van der Waals surface area contributed by atoms with E-state index in [9.17, 15) is 5.11 Å². The Morgan fingerprint density at radius 1 is 1.16 bits per heavy atom. The van der Waals surface area contributed by atoms with Gasteiger partial charge in [0, 0.05) is 24.0 Å². The maximum Gasteiger partial charge on any atom is 0.141 e. The number of hydrogen-bond donors (Lipinski definition) is 1. The zero-order valence-corrected chi connectivity index (χ0v) is 15.4. The maximum absolute atomic E-state index is 9.39. The van der Waals surface area contributed by atoms with Crippen molar-refractivity contribution in [2.45, 2.75) is 32.6 Å². The quantitative estimate of drug-likeness (QED) is 0.752. The van der Waals surface area contributed by atoms with E-state index in [0.29, 0.717) is 6.54 Å². The number of benzene rings is 1. The van der Waals surface area contributed by atoms with Gasteiger partial charge in [0.15, 0.2) is 0 Å². The van der Waals surface area contributed by atoms with Crippen molar-refractivity contribution in [3.05, 3.63) is 41.0 Å². The zero-order valence-electron chi connectivity index (χ0n) is 14.5. The lowest BCUT2D eigenvalue weighted by Crippen LogP contribution is -2.27. The number of hydrogen-bond acceptors (Lipinski definition) is 5. The number of aryl methyl sites for hydroxylation is 2. The molecule has 2 heterocycles. The van der Waals surface area contributed by atoms with Gasteiger partial charge in [0.05, 0.1) is 12.0 Å². The van der Waals surface area contributed by atoms with Crippen molar-refractivity contribution in [1.82, 2.24) is 9.97 Å².